The number of benzene rings is 1. The monoisotopic (exact) mass is 413 g/mol. The molecule has 2 aromatic rings. The predicted molar refractivity (Wildman–Crippen MR) is 118 cm³/mol. The molecule has 1 aromatic heterocycles. The third kappa shape index (κ3) is 4.07. The van der Waals surface area contributed by atoms with Crippen LogP contribution < -0.4 is 19.7 Å². The number of thiocarbonyl (C=S) groups is 1. The van der Waals surface area contributed by atoms with Gasteiger partial charge in [0.1, 0.15) is 11.9 Å². The summed E-state index contributed by atoms with van der Waals surface area (Å²) >= 11 is 5.30. The number of imidazole rings is 1. The highest BCUT2D eigenvalue weighted by atomic mass is 32.1. The number of aromatic nitrogens is 2. The van der Waals surface area contributed by atoms with E-state index in [1.165, 1.54) is 12.8 Å². The number of fused-ring (bicyclic) bond motifs is 1. The third-order valence-electron chi connectivity index (χ3n) is 5.37. The van der Waals surface area contributed by atoms with Crippen LogP contribution in [0.4, 0.5) is 5.82 Å². The first-order valence-electron chi connectivity index (χ1n) is 10.1. The number of hydrogen-bond donors (Lipinski definition) is 2. The van der Waals surface area contributed by atoms with Crippen LogP contribution in [-0.2, 0) is 6.54 Å². The van der Waals surface area contributed by atoms with Crippen LogP contribution in [0.15, 0.2) is 29.5 Å². The van der Waals surface area contributed by atoms with Gasteiger partial charge in [-0.3, -0.25) is 4.99 Å². The van der Waals surface area contributed by atoms with E-state index in [1.54, 1.807) is 18.8 Å². The van der Waals surface area contributed by atoms with Crippen LogP contribution in [0.1, 0.15) is 43.9 Å². The Morgan fingerprint density at radius 1 is 1.31 bits per heavy atom. The van der Waals surface area contributed by atoms with Crippen LogP contribution in [-0.4, -0.2) is 47.1 Å². The van der Waals surface area contributed by atoms with Crippen LogP contribution in [0.5, 0.6) is 11.5 Å². The van der Waals surface area contributed by atoms with E-state index in [2.05, 4.69) is 37.3 Å². The van der Waals surface area contributed by atoms with E-state index in [0.717, 1.165) is 47.3 Å². The lowest BCUT2D eigenvalue weighted by atomic mass is 10.1. The van der Waals surface area contributed by atoms with Gasteiger partial charge in [0, 0.05) is 18.5 Å². The molecule has 2 heterocycles. The number of ether oxygens (including phenoxy) is 2. The van der Waals surface area contributed by atoms with Crippen molar-refractivity contribution >= 4 is 29.2 Å². The highest BCUT2D eigenvalue weighted by Gasteiger charge is 2.30. The molecule has 0 saturated heterocycles. The maximum atomic E-state index is 6.26. The Morgan fingerprint density at radius 3 is 2.86 bits per heavy atom. The van der Waals surface area contributed by atoms with Crippen LogP contribution in [0.25, 0.3) is 0 Å². The molecule has 1 aliphatic carbocycles. The van der Waals surface area contributed by atoms with Gasteiger partial charge in [-0.15, -0.1) is 0 Å². The van der Waals surface area contributed by atoms with Gasteiger partial charge in [0.2, 0.25) is 0 Å². The molecule has 0 spiro atoms. The summed E-state index contributed by atoms with van der Waals surface area (Å²) in [5, 5.41) is 5.11. The van der Waals surface area contributed by atoms with Gasteiger partial charge in [-0.2, -0.15) is 0 Å². The van der Waals surface area contributed by atoms with E-state index in [1.807, 2.05) is 13.0 Å². The second-order valence-corrected chi connectivity index (χ2v) is 7.56. The molecule has 2 aliphatic rings. The molecule has 29 heavy (non-hydrogen) atoms. The molecular weight excluding hydrogens is 386 g/mol. The average molecular weight is 414 g/mol. The smallest absolute Gasteiger partial charge is 0.161 e. The van der Waals surface area contributed by atoms with Gasteiger partial charge in [-0.25, -0.2) is 4.98 Å². The molecule has 154 valence electrons. The second-order valence-electron chi connectivity index (χ2n) is 7.29. The standard InChI is InChI=1S/C21H27N5O2S/c1-3-22-20-19-21(24-13-23-19)26(18(12-29)25-20)11-14-8-9-16(27-2)17(10-14)28-15-6-4-5-7-15/h8-10,12-13,15,18H,3-7,11H2,1-2H3,(H,22,25)(H,23,24). The molecule has 8 heteroatoms. The Kier molecular flexibility index (Phi) is 5.99. The van der Waals surface area contributed by atoms with Gasteiger partial charge in [-0.1, -0.05) is 18.3 Å². The minimum Gasteiger partial charge on any atom is -0.493 e. The third-order valence-corrected chi connectivity index (χ3v) is 5.63. The van der Waals surface area contributed by atoms with Crippen LogP contribution in [0, 0.1) is 0 Å². The molecule has 1 aliphatic heterocycles. The highest BCUT2D eigenvalue weighted by Crippen LogP contribution is 2.33. The quantitative estimate of drug-likeness (QED) is 0.678. The molecule has 1 atom stereocenters. The van der Waals surface area contributed by atoms with Gasteiger partial charge < -0.3 is 24.7 Å². The maximum absolute atomic E-state index is 6.26. The lowest BCUT2D eigenvalue weighted by Gasteiger charge is -2.35. The number of nitrogens with zero attached hydrogens (tertiary/aromatic N) is 3. The summed E-state index contributed by atoms with van der Waals surface area (Å²) in [6.07, 6.45) is 6.46. The molecular formula is C21H27N5O2S. The van der Waals surface area contributed by atoms with Gasteiger partial charge in [-0.05, 0) is 50.3 Å². The zero-order valence-electron chi connectivity index (χ0n) is 16.9. The number of aromatic amines is 1. The van der Waals surface area contributed by atoms with Gasteiger partial charge in [0.05, 0.1) is 19.5 Å². The average Bonchev–Trinajstić information content (AvgIpc) is 3.42. The number of hydrogen-bond acceptors (Lipinski definition) is 6. The lowest BCUT2D eigenvalue weighted by molar-refractivity contribution is 0.200. The minimum absolute atomic E-state index is 0.174. The van der Waals surface area contributed by atoms with Gasteiger partial charge >= 0.3 is 0 Å². The molecule has 1 aromatic carbocycles. The van der Waals surface area contributed by atoms with Crippen LogP contribution in [0.3, 0.4) is 0 Å². The van der Waals surface area contributed by atoms with Crippen molar-refractivity contribution in [3.63, 3.8) is 0 Å². The van der Waals surface area contributed by atoms with Crippen molar-refractivity contribution in [2.45, 2.75) is 51.4 Å². The molecule has 1 saturated carbocycles. The van der Waals surface area contributed by atoms with Crippen molar-refractivity contribution in [2.75, 3.05) is 18.6 Å². The first kappa shape index (κ1) is 19.7. The predicted octanol–water partition coefficient (Wildman–Crippen LogP) is 3.44. The number of anilines is 1. The van der Waals surface area contributed by atoms with E-state index in [9.17, 15) is 0 Å². The largest absolute Gasteiger partial charge is 0.493 e. The Morgan fingerprint density at radius 2 is 2.14 bits per heavy atom. The lowest BCUT2D eigenvalue weighted by Crippen LogP contribution is -2.53. The number of aliphatic imine (C=N–C) groups is 1. The topological polar surface area (TPSA) is 74.8 Å². The molecule has 0 radical (unpaired) electrons. The SMILES string of the molecule is CCN=C1NC(C=S)N(Cc2ccc(OC)c(OC3CCCC3)c2)c2nc[nH]c21. The summed E-state index contributed by atoms with van der Waals surface area (Å²) in [5.74, 6) is 3.20. The molecule has 0 bridgehead atoms. The van der Waals surface area contributed by atoms with Crippen molar-refractivity contribution in [1.29, 1.82) is 0 Å². The number of H-pyrrole nitrogens is 1. The fraction of sp³-hybridized carbons (Fsp3) is 0.476. The number of amidine groups is 1. The summed E-state index contributed by atoms with van der Waals surface area (Å²) in [4.78, 5) is 14.4. The van der Waals surface area contributed by atoms with E-state index < -0.39 is 0 Å². The Bertz CT molecular complexity index is 891. The number of rotatable bonds is 7. The molecule has 1 unspecified atom stereocenters. The first-order chi connectivity index (χ1) is 14.2. The van der Waals surface area contributed by atoms with Crippen molar-refractivity contribution in [3.8, 4) is 11.5 Å². The molecule has 4 rings (SSSR count). The highest BCUT2D eigenvalue weighted by molar-refractivity contribution is 7.79. The Labute approximate surface area is 176 Å². The fourth-order valence-electron chi connectivity index (χ4n) is 3.96. The Balaban J connectivity index is 1.61. The fourth-order valence-corrected chi connectivity index (χ4v) is 4.17. The van der Waals surface area contributed by atoms with E-state index in [0.29, 0.717) is 13.1 Å². The molecule has 0 amide bonds. The van der Waals surface area contributed by atoms with E-state index in [4.69, 9.17) is 21.7 Å². The first-order valence-corrected chi connectivity index (χ1v) is 10.6. The molecule has 1 fully saturated rings. The van der Waals surface area contributed by atoms with Crippen molar-refractivity contribution in [2.24, 2.45) is 4.99 Å². The summed E-state index contributed by atoms with van der Waals surface area (Å²) in [6.45, 7) is 3.32. The van der Waals surface area contributed by atoms with Crippen LogP contribution >= 0.6 is 12.2 Å². The van der Waals surface area contributed by atoms with Gasteiger partial charge in [0.15, 0.2) is 23.2 Å². The summed E-state index contributed by atoms with van der Waals surface area (Å²) in [6, 6.07) is 6.10. The van der Waals surface area contributed by atoms with E-state index in [-0.39, 0.29) is 12.3 Å². The Hall–Kier alpha value is -2.61. The van der Waals surface area contributed by atoms with Crippen molar-refractivity contribution in [1.82, 2.24) is 15.3 Å². The molecule has 2 N–H and O–H groups in total. The zero-order valence-corrected chi connectivity index (χ0v) is 17.7. The summed E-state index contributed by atoms with van der Waals surface area (Å²) in [7, 11) is 1.68. The summed E-state index contributed by atoms with van der Waals surface area (Å²) < 4.78 is 11.8. The zero-order chi connectivity index (χ0) is 20.2. The second kappa shape index (κ2) is 8.82. The summed E-state index contributed by atoms with van der Waals surface area (Å²) in [5.41, 5.74) is 1.99. The van der Waals surface area contributed by atoms with Gasteiger partial charge in [0.25, 0.3) is 0 Å². The van der Waals surface area contributed by atoms with Crippen LogP contribution in [0.2, 0.25) is 0 Å². The normalized spacial score (nSPS) is 20.4. The number of nitrogens with one attached hydrogen (secondary N) is 2. The van der Waals surface area contributed by atoms with E-state index >= 15 is 0 Å². The number of methoxy groups -OCH3 is 1. The minimum atomic E-state index is -0.174. The van der Waals surface area contributed by atoms with Crippen molar-refractivity contribution < 1.29 is 9.47 Å². The van der Waals surface area contributed by atoms with Crippen molar-refractivity contribution in [3.05, 3.63) is 35.8 Å². The molecule has 7 nitrogen and oxygen atoms in total. The maximum Gasteiger partial charge on any atom is 0.161 e.